The molecule has 106 valence electrons. The van der Waals surface area contributed by atoms with Crippen LogP contribution in [0.3, 0.4) is 0 Å². The maximum Gasteiger partial charge on any atom is 0.256 e. The van der Waals surface area contributed by atoms with Crippen LogP contribution in [0.15, 0.2) is 53.6 Å². The van der Waals surface area contributed by atoms with Crippen molar-refractivity contribution in [3.05, 3.63) is 64.5 Å². The average molecular weight is 281 g/mol. The minimum Gasteiger partial charge on any atom is -0.378 e. The summed E-state index contributed by atoms with van der Waals surface area (Å²) in [6.07, 6.45) is 0. The van der Waals surface area contributed by atoms with Gasteiger partial charge in [0, 0.05) is 35.9 Å². The molecular formula is C15H15N5O. The summed E-state index contributed by atoms with van der Waals surface area (Å²) in [6, 6.07) is 14.1. The van der Waals surface area contributed by atoms with Crippen LogP contribution in [0, 0.1) is 0 Å². The van der Waals surface area contributed by atoms with Gasteiger partial charge in [0.1, 0.15) is 0 Å². The van der Waals surface area contributed by atoms with Gasteiger partial charge >= 0.3 is 0 Å². The van der Waals surface area contributed by atoms with E-state index in [1.165, 1.54) is 0 Å². The van der Waals surface area contributed by atoms with Crippen LogP contribution in [0.25, 0.3) is 10.4 Å². The van der Waals surface area contributed by atoms with Gasteiger partial charge in [-0.15, -0.1) is 0 Å². The fourth-order valence-electron chi connectivity index (χ4n) is 1.84. The molecule has 2 rings (SSSR count). The second kappa shape index (κ2) is 6.45. The Hall–Kier alpha value is -2.98. The van der Waals surface area contributed by atoms with Crippen LogP contribution in [-0.2, 0) is 0 Å². The Kier molecular flexibility index (Phi) is 4.43. The molecule has 0 saturated heterocycles. The highest BCUT2D eigenvalue weighted by atomic mass is 16.1. The van der Waals surface area contributed by atoms with E-state index in [0.29, 0.717) is 16.9 Å². The van der Waals surface area contributed by atoms with E-state index in [9.17, 15) is 4.79 Å². The van der Waals surface area contributed by atoms with E-state index in [4.69, 9.17) is 5.53 Å². The van der Waals surface area contributed by atoms with Crippen molar-refractivity contribution >= 4 is 23.0 Å². The molecule has 2 aromatic rings. The van der Waals surface area contributed by atoms with Gasteiger partial charge in [0.25, 0.3) is 5.91 Å². The van der Waals surface area contributed by atoms with E-state index in [1.54, 1.807) is 24.3 Å². The molecule has 0 aliphatic carbocycles. The Morgan fingerprint density at radius 2 is 1.81 bits per heavy atom. The maximum atomic E-state index is 12.2. The molecule has 0 saturated carbocycles. The lowest BCUT2D eigenvalue weighted by Gasteiger charge is -2.13. The average Bonchev–Trinajstić information content (AvgIpc) is 2.48. The van der Waals surface area contributed by atoms with Crippen LogP contribution in [-0.4, -0.2) is 20.0 Å². The second-order valence-corrected chi connectivity index (χ2v) is 4.60. The van der Waals surface area contributed by atoms with Crippen molar-refractivity contribution in [1.29, 1.82) is 0 Å². The van der Waals surface area contributed by atoms with E-state index < -0.39 is 0 Å². The Morgan fingerprint density at radius 1 is 1.14 bits per heavy atom. The highest BCUT2D eigenvalue weighted by Gasteiger charge is 2.10. The van der Waals surface area contributed by atoms with Crippen LogP contribution in [0.2, 0.25) is 0 Å². The highest BCUT2D eigenvalue weighted by molar-refractivity contribution is 6.07. The summed E-state index contributed by atoms with van der Waals surface area (Å²) in [6.45, 7) is 0. The Labute approximate surface area is 122 Å². The van der Waals surface area contributed by atoms with Crippen molar-refractivity contribution < 1.29 is 4.79 Å². The van der Waals surface area contributed by atoms with Crippen molar-refractivity contribution in [2.75, 3.05) is 24.3 Å². The second-order valence-electron chi connectivity index (χ2n) is 4.60. The molecular weight excluding hydrogens is 266 g/mol. The molecule has 0 bridgehead atoms. The lowest BCUT2D eigenvalue weighted by molar-refractivity contribution is 0.102. The number of carbonyl (C=O) groups is 1. The first kappa shape index (κ1) is 14.4. The summed E-state index contributed by atoms with van der Waals surface area (Å²) in [5.74, 6) is -0.310. The third-order valence-electron chi connectivity index (χ3n) is 2.94. The number of anilines is 2. The van der Waals surface area contributed by atoms with Crippen LogP contribution >= 0.6 is 0 Å². The zero-order valence-electron chi connectivity index (χ0n) is 11.8. The molecule has 21 heavy (non-hydrogen) atoms. The number of rotatable bonds is 4. The van der Waals surface area contributed by atoms with Crippen molar-refractivity contribution in [2.24, 2.45) is 5.11 Å². The molecule has 1 N–H and O–H groups in total. The van der Waals surface area contributed by atoms with Crippen LogP contribution in [0.4, 0.5) is 17.1 Å². The number of nitrogens with zero attached hydrogens (tertiary/aromatic N) is 4. The van der Waals surface area contributed by atoms with Gasteiger partial charge in [-0.05, 0) is 35.9 Å². The summed E-state index contributed by atoms with van der Waals surface area (Å²) in [7, 11) is 3.90. The zero-order valence-corrected chi connectivity index (χ0v) is 11.8. The first-order chi connectivity index (χ1) is 10.1. The summed E-state index contributed by atoms with van der Waals surface area (Å²) in [5, 5.41) is 6.30. The van der Waals surface area contributed by atoms with Gasteiger partial charge in [0.05, 0.1) is 5.69 Å². The van der Waals surface area contributed by atoms with Crippen molar-refractivity contribution in [3.8, 4) is 0 Å². The quantitative estimate of drug-likeness (QED) is 0.523. The molecule has 0 aliphatic heterocycles. The maximum absolute atomic E-state index is 12.2. The molecule has 0 atom stereocenters. The minimum absolute atomic E-state index is 0.308. The molecule has 1 amide bonds. The zero-order chi connectivity index (χ0) is 15.2. The number of hydrogen-bond donors (Lipinski definition) is 1. The third kappa shape index (κ3) is 3.52. The van der Waals surface area contributed by atoms with E-state index in [0.717, 1.165) is 5.69 Å². The summed E-state index contributed by atoms with van der Waals surface area (Å²) in [5.41, 5.74) is 10.9. The monoisotopic (exact) mass is 281 g/mol. The van der Waals surface area contributed by atoms with Gasteiger partial charge < -0.3 is 10.2 Å². The van der Waals surface area contributed by atoms with Crippen molar-refractivity contribution in [3.63, 3.8) is 0 Å². The molecule has 2 aromatic carbocycles. The molecule has 0 aliphatic rings. The first-order valence-electron chi connectivity index (χ1n) is 6.34. The number of azide groups is 1. The number of carbonyl (C=O) groups excluding carboxylic acids is 1. The molecule has 6 heteroatoms. The van der Waals surface area contributed by atoms with E-state index >= 15 is 0 Å². The standard InChI is InChI=1S/C15H15N5O/c1-20(2)12-9-7-11(8-10-12)17-15(21)13-5-3-4-6-14(13)18-19-16/h3-10H,1-2H3,(H,17,21). The van der Waals surface area contributed by atoms with Gasteiger partial charge in [-0.1, -0.05) is 23.3 Å². The molecule has 0 aromatic heterocycles. The van der Waals surface area contributed by atoms with Crippen LogP contribution in [0.1, 0.15) is 10.4 Å². The molecule has 0 fully saturated rings. The first-order valence-corrected chi connectivity index (χ1v) is 6.34. The van der Waals surface area contributed by atoms with Crippen molar-refractivity contribution in [2.45, 2.75) is 0 Å². The summed E-state index contributed by atoms with van der Waals surface area (Å²) >= 11 is 0. The molecule has 6 nitrogen and oxygen atoms in total. The van der Waals surface area contributed by atoms with Gasteiger partial charge in [-0.25, -0.2) is 0 Å². The molecule has 0 radical (unpaired) electrons. The van der Waals surface area contributed by atoms with Crippen LogP contribution in [0.5, 0.6) is 0 Å². The number of hydrogen-bond acceptors (Lipinski definition) is 3. The Bertz CT molecular complexity index is 687. The third-order valence-corrected chi connectivity index (χ3v) is 2.94. The number of benzene rings is 2. The topological polar surface area (TPSA) is 81.1 Å². The smallest absolute Gasteiger partial charge is 0.256 e. The number of nitrogens with one attached hydrogen (secondary N) is 1. The lowest BCUT2D eigenvalue weighted by atomic mass is 10.1. The van der Waals surface area contributed by atoms with Gasteiger partial charge in [0.15, 0.2) is 0 Å². The Morgan fingerprint density at radius 3 is 2.43 bits per heavy atom. The highest BCUT2D eigenvalue weighted by Crippen LogP contribution is 2.21. The normalized spacial score (nSPS) is 9.62. The fourth-order valence-corrected chi connectivity index (χ4v) is 1.84. The molecule has 0 spiro atoms. The lowest BCUT2D eigenvalue weighted by Crippen LogP contribution is -2.12. The van der Waals surface area contributed by atoms with Gasteiger partial charge in [-0.3, -0.25) is 4.79 Å². The fraction of sp³-hybridized carbons (Fsp3) is 0.133. The molecule has 0 unspecified atom stereocenters. The summed E-state index contributed by atoms with van der Waals surface area (Å²) in [4.78, 5) is 16.9. The predicted octanol–water partition coefficient (Wildman–Crippen LogP) is 3.95. The van der Waals surface area contributed by atoms with E-state index in [-0.39, 0.29) is 5.91 Å². The minimum atomic E-state index is -0.310. The number of amides is 1. The summed E-state index contributed by atoms with van der Waals surface area (Å²) < 4.78 is 0. The SMILES string of the molecule is CN(C)c1ccc(NC(=O)c2ccccc2N=[N+]=[N-])cc1. The van der Waals surface area contributed by atoms with Gasteiger partial charge in [-0.2, -0.15) is 0 Å². The van der Waals surface area contributed by atoms with Crippen LogP contribution < -0.4 is 10.2 Å². The Balaban J connectivity index is 2.20. The van der Waals surface area contributed by atoms with Crippen molar-refractivity contribution in [1.82, 2.24) is 0 Å². The van der Waals surface area contributed by atoms with E-state index in [1.807, 2.05) is 43.3 Å². The van der Waals surface area contributed by atoms with Gasteiger partial charge in [0.2, 0.25) is 0 Å². The molecule has 0 heterocycles. The largest absolute Gasteiger partial charge is 0.378 e. The predicted molar refractivity (Wildman–Crippen MR) is 84.0 cm³/mol. The van der Waals surface area contributed by atoms with E-state index in [2.05, 4.69) is 15.3 Å².